The predicted molar refractivity (Wildman–Crippen MR) is 153 cm³/mol. The highest BCUT2D eigenvalue weighted by molar-refractivity contribution is 8.00. The monoisotopic (exact) mass is 668 g/mol. The molecule has 0 heterocycles. The lowest BCUT2D eigenvalue weighted by Crippen LogP contribution is -2.27. The zero-order valence-electron chi connectivity index (χ0n) is 22.7. The Labute approximate surface area is 263 Å². The summed E-state index contributed by atoms with van der Waals surface area (Å²) in [6.07, 6.45) is -1.12. The number of hydrogen-bond acceptors (Lipinski definition) is 4. The molecule has 0 aliphatic heterocycles. The minimum Gasteiger partial charge on any atom is -0.207 e. The van der Waals surface area contributed by atoms with Gasteiger partial charge in [-0.15, -0.1) is 0 Å². The molecule has 0 bridgehead atoms. The van der Waals surface area contributed by atoms with Crippen molar-refractivity contribution in [2.24, 2.45) is 0 Å². The van der Waals surface area contributed by atoms with E-state index in [1.165, 1.54) is 24.3 Å². The molecule has 2 aliphatic carbocycles. The Balaban J connectivity index is 2.15. The molecule has 0 amide bonds. The smallest absolute Gasteiger partial charge is 0.207 e. The van der Waals surface area contributed by atoms with E-state index in [4.69, 9.17) is 13.1 Å². The van der Waals surface area contributed by atoms with Gasteiger partial charge in [0.25, 0.3) is 0 Å². The number of nitriles is 2. The first-order valence-electron chi connectivity index (χ1n) is 12.7. The van der Waals surface area contributed by atoms with Crippen LogP contribution in [-0.2, 0) is 12.8 Å². The van der Waals surface area contributed by atoms with Gasteiger partial charge in [0.05, 0.1) is 5.57 Å². The Morgan fingerprint density at radius 1 is 0.652 bits per heavy atom. The second-order valence-electron chi connectivity index (χ2n) is 9.68. The summed E-state index contributed by atoms with van der Waals surface area (Å²) >= 11 is -1.25. The summed E-state index contributed by atoms with van der Waals surface area (Å²) in [5, 5.41) is 18.8. The maximum Gasteiger partial charge on any atom is 0.523 e. The SMILES string of the molecule is [C-]#[N+]C([N+]#[C-])=C1Cc2c(SC(F)(F)F)c3c(c(SC(F)(F)F)c2=C1c1ccc(F)cc1)CC(=C(C#N)C#N)C=3c1ccc(F)cc1. The summed E-state index contributed by atoms with van der Waals surface area (Å²) in [7, 11) is 0. The summed E-state index contributed by atoms with van der Waals surface area (Å²) in [5.74, 6) is -2.04. The molecule has 0 saturated carbocycles. The zero-order valence-corrected chi connectivity index (χ0v) is 24.3. The quantitative estimate of drug-likeness (QED) is 0.122. The number of nitrogens with zero attached hydrogens (tertiary/aromatic N) is 4. The van der Waals surface area contributed by atoms with Crippen LogP contribution < -0.4 is 10.4 Å². The molecule has 3 aromatic carbocycles. The van der Waals surface area contributed by atoms with Crippen molar-refractivity contribution in [3.05, 3.63) is 138 Å². The van der Waals surface area contributed by atoms with Crippen LogP contribution in [0.1, 0.15) is 22.3 Å². The minimum absolute atomic E-state index is 0.0459. The Kier molecular flexibility index (Phi) is 8.49. The number of alkyl halides is 6. The van der Waals surface area contributed by atoms with Crippen molar-refractivity contribution in [2.45, 2.75) is 33.6 Å². The third-order valence-corrected chi connectivity index (χ3v) is 8.90. The standard InChI is InChI=1S/C32H12F8N4S2/c1-43-30(44-2)23-12-22-27(25(23)16-5-9-19(34)10-6-16)28(45-31(35,36)37)21-11-20(17(13-41)14-42)24(15-3-7-18(33)8-4-15)26(21)29(22)46-32(38,39)40/h3-10H,11-12H2. The van der Waals surface area contributed by atoms with Crippen molar-refractivity contribution < 1.29 is 35.1 Å². The Bertz CT molecular complexity index is 1980. The van der Waals surface area contributed by atoms with Crippen LogP contribution in [0.2, 0.25) is 0 Å². The van der Waals surface area contributed by atoms with Crippen LogP contribution in [-0.4, -0.2) is 11.0 Å². The van der Waals surface area contributed by atoms with Crippen LogP contribution in [0.3, 0.4) is 0 Å². The second-order valence-corrected chi connectivity index (χ2v) is 11.8. The molecular weight excluding hydrogens is 656 g/mol. The fraction of sp³-hybridized carbons (Fsp3) is 0.125. The van der Waals surface area contributed by atoms with E-state index >= 15 is 0 Å². The van der Waals surface area contributed by atoms with Crippen molar-refractivity contribution in [3.63, 3.8) is 0 Å². The number of allylic oxidation sites excluding steroid dienone is 3. The summed E-state index contributed by atoms with van der Waals surface area (Å²) in [5.41, 5.74) is -11.6. The number of halogens is 8. The molecule has 228 valence electrons. The molecule has 14 heteroatoms. The van der Waals surface area contributed by atoms with E-state index in [0.717, 1.165) is 24.3 Å². The largest absolute Gasteiger partial charge is 0.523 e. The molecule has 0 spiro atoms. The summed E-state index contributed by atoms with van der Waals surface area (Å²) in [6.45, 7) is 15.1. The predicted octanol–water partition coefficient (Wildman–Crippen LogP) is 8.09. The fourth-order valence-electron chi connectivity index (χ4n) is 5.55. The first kappa shape index (κ1) is 32.4. The summed E-state index contributed by atoms with van der Waals surface area (Å²) in [4.78, 5) is 5.25. The van der Waals surface area contributed by atoms with Gasteiger partial charge in [-0.25, -0.2) is 8.78 Å². The van der Waals surface area contributed by atoms with Crippen LogP contribution >= 0.6 is 23.5 Å². The third kappa shape index (κ3) is 5.98. The highest BCUT2D eigenvalue weighted by Gasteiger charge is 2.42. The van der Waals surface area contributed by atoms with Crippen molar-refractivity contribution in [1.82, 2.24) is 0 Å². The van der Waals surface area contributed by atoms with E-state index in [0.29, 0.717) is 0 Å². The van der Waals surface area contributed by atoms with Gasteiger partial charge in [0.2, 0.25) is 0 Å². The van der Waals surface area contributed by atoms with Gasteiger partial charge in [-0.2, -0.15) is 46.6 Å². The van der Waals surface area contributed by atoms with Gasteiger partial charge in [0, 0.05) is 26.6 Å². The molecule has 0 unspecified atom stereocenters. The van der Waals surface area contributed by atoms with Gasteiger partial charge in [0.15, 0.2) is 0 Å². The van der Waals surface area contributed by atoms with Crippen molar-refractivity contribution in [1.29, 1.82) is 10.5 Å². The van der Waals surface area contributed by atoms with Gasteiger partial charge in [-0.3, -0.25) is 0 Å². The van der Waals surface area contributed by atoms with E-state index in [-0.39, 0.29) is 55.0 Å². The maximum atomic E-state index is 14.3. The lowest BCUT2D eigenvalue weighted by molar-refractivity contribution is -0.0339. The van der Waals surface area contributed by atoms with E-state index in [1.54, 1.807) is 12.1 Å². The molecule has 0 aromatic heterocycles. The van der Waals surface area contributed by atoms with Crippen LogP contribution in [0.5, 0.6) is 0 Å². The van der Waals surface area contributed by atoms with Crippen LogP contribution in [0.4, 0.5) is 35.1 Å². The average molecular weight is 669 g/mol. The molecule has 0 atom stereocenters. The minimum atomic E-state index is -5.00. The number of hydrogen-bond donors (Lipinski definition) is 0. The van der Waals surface area contributed by atoms with Crippen molar-refractivity contribution >= 4 is 34.7 Å². The van der Waals surface area contributed by atoms with Gasteiger partial charge >= 0.3 is 16.8 Å². The molecule has 5 rings (SSSR count). The second kappa shape index (κ2) is 12.1. The molecule has 0 fully saturated rings. The van der Waals surface area contributed by atoms with Crippen LogP contribution in [0, 0.1) is 47.4 Å². The number of fused-ring (bicyclic) bond motifs is 2. The van der Waals surface area contributed by atoms with Crippen LogP contribution in [0.25, 0.3) is 20.8 Å². The number of thioether (sulfide) groups is 2. The zero-order chi connectivity index (χ0) is 33.6. The molecule has 46 heavy (non-hydrogen) atoms. The van der Waals surface area contributed by atoms with E-state index < -0.39 is 80.2 Å². The van der Waals surface area contributed by atoms with Crippen LogP contribution in [0.15, 0.2) is 80.9 Å². The molecule has 0 radical (unpaired) electrons. The lowest BCUT2D eigenvalue weighted by Gasteiger charge is -2.17. The maximum absolute atomic E-state index is 14.3. The number of benzene rings is 3. The topological polar surface area (TPSA) is 56.3 Å². The molecule has 0 saturated heterocycles. The first-order chi connectivity index (χ1) is 21.7. The summed E-state index contributed by atoms with van der Waals surface area (Å²) in [6, 6.07) is 12.0. The van der Waals surface area contributed by atoms with Gasteiger partial charge in [0.1, 0.15) is 42.5 Å². The van der Waals surface area contributed by atoms with E-state index in [1.807, 2.05) is 0 Å². The highest BCUT2D eigenvalue weighted by Crippen LogP contribution is 2.47. The molecule has 4 nitrogen and oxygen atoms in total. The Hall–Kier alpha value is -5.02. The Morgan fingerprint density at radius 3 is 1.37 bits per heavy atom. The highest BCUT2D eigenvalue weighted by atomic mass is 32.2. The van der Waals surface area contributed by atoms with Gasteiger partial charge in [-0.05, 0) is 93.2 Å². The number of rotatable bonds is 4. The summed E-state index contributed by atoms with van der Waals surface area (Å²) < 4.78 is 114. The van der Waals surface area contributed by atoms with Crippen molar-refractivity contribution in [2.75, 3.05) is 0 Å². The normalized spacial score (nSPS) is 13.8. The Morgan fingerprint density at radius 2 is 1.02 bits per heavy atom. The average Bonchev–Trinajstić information content (AvgIpc) is 3.57. The fourth-order valence-corrected chi connectivity index (χ4v) is 7.26. The molecule has 2 aliphatic rings. The molecular formula is C32H12F8N4S2. The third-order valence-electron chi connectivity index (χ3n) is 7.12. The lowest BCUT2D eigenvalue weighted by atomic mass is 9.95. The van der Waals surface area contributed by atoms with Gasteiger partial charge in [-0.1, -0.05) is 24.3 Å². The van der Waals surface area contributed by atoms with Gasteiger partial charge < -0.3 is 0 Å². The first-order valence-corrected chi connectivity index (χ1v) is 14.4. The van der Waals surface area contributed by atoms with E-state index in [2.05, 4.69) is 9.69 Å². The molecule has 0 N–H and O–H groups in total. The van der Waals surface area contributed by atoms with E-state index in [9.17, 15) is 45.6 Å². The van der Waals surface area contributed by atoms with Crippen molar-refractivity contribution in [3.8, 4) is 12.1 Å². The molecule has 3 aromatic rings.